The lowest BCUT2D eigenvalue weighted by Crippen LogP contribution is -2.27. The third-order valence-corrected chi connectivity index (χ3v) is 8.29. The quantitative estimate of drug-likeness (QED) is 0.235. The highest BCUT2D eigenvalue weighted by atomic mass is 35.5. The van der Waals surface area contributed by atoms with E-state index in [0.717, 1.165) is 34.6 Å². The molecule has 4 aromatic rings. The first kappa shape index (κ1) is 24.3. The Morgan fingerprint density at radius 2 is 1.59 bits per heavy atom. The highest BCUT2D eigenvalue weighted by Gasteiger charge is 2.43. The molecule has 2 saturated carbocycles. The van der Waals surface area contributed by atoms with Crippen LogP contribution in [0.4, 0.5) is 11.4 Å². The highest BCUT2D eigenvalue weighted by molar-refractivity contribution is 6.42. The molecule has 3 unspecified atom stereocenters. The number of carbonyl (C=O) groups is 2. The zero-order valence-electron chi connectivity index (χ0n) is 19.7. The number of H-pyrrole nitrogens is 1. The number of imidazole rings is 1. The Hall–Kier alpha value is -3.06. The molecule has 2 fully saturated rings. The number of aromatic nitrogens is 2. The Bertz CT molecular complexity index is 1510. The smallest absolute Gasteiger partial charge is 0.258 e. The van der Waals surface area contributed by atoms with Crippen molar-refractivity contribution in [1.29, 1.82) is 0 Å². The van der Waals surface area contributed by atoms with Crippen molar-refractivity contribution in [3.05, 3.63) is 75.2 Å². The van der Waals surface area contributed by atoms with E-state index in [1.54, 1.807) is 12.1 Å². The van der Waals surface area contributed by atoms with Crippen LogP contribution in [0.25, 0.3) is 22.4 Å². The van der Waals surface area contributed by atoms with E-state index in [4.69, 9.17) is 34.8 Å². The molecule has 3 aromatic carbocycles. The van der Waals surface area contributed by atoms with E-state index in [1.807, 2.05) is 30.3 Å². The number of nitrogens with zero attached hydrogens (tertiary/aromatic N) is 1. The number of carbonyl (C=O) groups excluding carboxylic acids is 2. The highest BCUT2D eigenvalue weighted by Crippen LogP contribution is 2.48. The number of amides is 2. The number of aromatic amines is 1. The average Bonchev–Trinajstić information content (AvgIpc) is 3.59. The lowest BCUT2D eigenvalue weighted by atomic mass is 9.88. The Morgan fingerprint density at radius 1 is 0.865 bits per heavy atom. The van der Waals surface area contributed by atoms with Gasteiger partial charge < -0.3 is 15.6 Å². The van der Waals surface area contributed by atoms with Gasteiger partial charge in [-0.25, -0.2) is 4.98 Å². The Kier molecular flexibility index (Phi) is 6.35. The zero-order chi connectivity index (χ0) is 25.7. The van der Waals surface area contributed by atoms with Crippen LogP contribution in [0.1, 0.15) is 36.0 Å². The van der Waals surface area contributed by atoms with Crippen LogP contribution in [0.15, 0.2) is 54.6 Å². The third-order valence-electron chi connectivity index (χ3n) is 7.47. The molecule has 6 rings (SSSR count). The largest absolute Gasteiger partial charge is 0.338 e. The van der Waals surface area contributed by atoms with Crippen molar-refractivity contribution in [2.45, 2.75) is 25.7 Å². The summed E-state index contributed by atoms with van der Waals surface area (Å²) in [4.78, 5) is 33.5. The maximum atomic E-state index is 12.8. The number of hydrogen-bond acceptors (Lipinski definition) is 3. The number of rotatable bonds is 5. The van der Waals surface area contributed by atoms with Crippen LogP contribution in [0.3, 0.4) is 0 Å². The maximum absolute atomic E-state index is 12.8. The third kappa shape index (κ3) is 4.81. The lowest BCUT2D eigenvalue weighted by Gasteiger charge is -2.20. The van der Waals surface area contributed by atoms with E-state index in [1.165, 1.54) is 31.4 Å². The fourth-order valence-corrected chi connectivity index (χ4v) is 6.68. The van der Waals surface area contributed by atoms with Crippen molar-refractivity contribution in [3.63, 3.8) is 0 Å². The van der Waals surface area contributed by atoms with Gasteiger partial charge in [0, 0.05) is 27.9 Å². The molecule has 1 heterocycles. The van der Waals surface area contributed by atoms with Crippen molar-refractivity contribution < 1.29 is 9.59 Å². The fourth-order valence-electron chi connectivity index (χ4n) is 5.69. The van der Waals surface area contributed by atoms with Gasteiger partial charge >= 0.3 is 0 Å². The summed E-state index contributed by atoms with van der Waals surface area (Å²) in [5.41, 5.74) is 3.91. The number of nitrogens with one attached hydrogen (secondary N) is 3. The molecular weight excluding hydrogens is 531 g/mol. The zero-order valence-corrected chi connectivity index (χ0v) is 21.9. The molecule has 2 aliphatic rings. The SMILES string of the molecule is O=C(Nc1ccc2nc(-c3ccc(NC(=O)C4CC5CCC4C5)cc3)[nH]c2c1)c1c(Cl)cc(Cl)cc1Cl. The summed E-state index contributed by atoms with van der Waals surface area (Å²) < 4.78 is 0. The molecular formula is C28H23Cl3N4O2. The summed E-state index contributed by atoms with van der Waals surface area (Å²) >= 11 is 18.3. The summed E-state index contributed by atoms with van der Waals surface area (Å²) in [6.07, 6.45) is 4.69. The molecule has 3 N–H and O–H groups in total. The Morgan fingerprint density at radius 3 is 2.27 bits per heavy atom. The summed E-state index contributed by atoms with van der Waals surface area (Å²) in [5.74, 6) is 1.82. The van der Waals surface area contributed by atoms with Gasteiger partial charge in [0.1, 0.15) is 5.82 Å². The van der Waals surface area contributed by atoms with Gasteiger partial charge in [0.05, 0.1) is 26.6 Å². The van der Waals surface area contributed by atoms with Crippen molar-refractivity contribution in [1.82, 2.24) is 9.97 Å². The number of fused-ring (bicyclic) bond motifs is 3. The van der Waals surface area contributed by atoms with Gasteiger partial charge in [-0.3, -0.25) is 9.59 Å². The summed E-state index contributed by atoms with van der Waals surface area (Å²) in [5, 5.41) is 6.62. The monoisotopic (exact) mass is 552 g/mol. The van der Waals surface area contributed by atoms with Crippen LogP contribution >= 0.6 is 34.8 Å². The molecule has 37 heavy (non-hydrogen) atoms. The number of anilines is 2. The molecule has 188 valence electrons. The van der Waals surface area contributed by atoms with Gasteiger partial charge in [-0.2, -0.15) is 0 Å². The van der Waals surface area contributed by atoms with E-state index in [2.05, 4.69) is 20.6 Å². The first-order chi connectivity index (χ1) is 17.8. The first-order valence-corrected chi connectivity index (χ1v) is 13.3. The second kappa shape index (κ2) is 9.67. The first-order valence-electron chi connectivity index (χ1n) is 12.2. The van der Waals surface area contributed by atoms with Crippen molar-refractivity contribution >= 4 is 69.0 Å². The molecule has 2 bridgehead atoms. The standard InChI is InChI=1S/C28H23Cl3N4O2/c29-17-11-21(30)25(22(31)12-17)28(37)33-19-7-8-23-24(13-19)35-26(34-23)15-3-5-18(6-4-15)32-27(36)20-10-14-1-2-16(20)9-14/h3-8,11-14,16,20H,1-2,9-10H2,(H,32,36)(H,33,37)(H,34,35). The Labute approximate surface area is 228 Å². The predicted molar refractivity (Wildman–Crippen MR) is 149 cm³/mol. The molecule has 2 aliphatic carbocycles. The van der Waals surface area contributed by atoms with Gasteiger partial charge in [0.15, 0.2) is 0 Å². The second-order valence-electron chi connectivity index (χ2n) is 9.86. The Balaban J connectivity index is 1.16. The maximum Gasteiger partial charge on any atom is 0.258 e. The minimum absolute atomic E-state index is 0.138. The topological polar surface area (TPSA) is 86.9 Å². The second-order valence-corrected chi connectivity index (χ2v) is 11.1. The summed E-state index contributed by atoms with van der Waals surface area (Å²) in [6, 6.07) is 16.0. The van der Waals surface area contributed by atoms with Crippen LogP contribution in [0, 0.1) is 17.8 Å². The molecule has 0 spiro atoms. The van der Waals surface area contributed by atoms with E-state index >= 15 is 0 Å². The lowest BCUT2D eigenvalue weighted by molar-refractivity contribution is -0.121. The number of halogens is 3. The molecule has 9 heteroatoms. The van der Waals surface area contributed by atoms with Crippen LogP contribution in [-0.2, 0) is 4.79 Å². The van der Waals surface area contributed by atoms with E-state index in [-0.39, 0.29) is 27.4 Å². The number of benzene rings is 3. The molecule has 0 radical (unpaired) electrons. The van der Waals surface area contributed by atoms with Crippen molar-refractivity contribution in [3.8, 4) is 11.4 Å². The van der Waals surface area contributed by atoms with E-state index in [9.17, 15) is 9.59 Å². The van der Waals surface area contributed by atoms with Gasteiger partial charge in [0.25, 0.3) is 5.91 Å². The van der Waals surface area contributed by atoms with Crippen LogP contribution < -0.4 is 10.6 Å². The number of hydrogen-bond donors (Lipinski definition) is 3. The predicted octanol–water partition coefficient (Wildman–Crippen LogP) is 7.82. The minimum atomic E-state index is -0.436. The van der Waals surface area contributed by atoms with E-state index < -0.39 is 5.91 Å². The average molecular weight is 554 g/mol. The van der Waals surface area contributed by atoms with Crippen LogP contribution in [0.5, 0.6) is 0 Å². The summed E-state index contributed by atoms with van der Waals surface area (Å²) in [7, 11) is 0. The van der Waals surface area contributed by atoms with Gasteiger partial charge in [-0.1, -0.05) is 41.2 Å². The van der Waals surface area contributed by atoms with Gasteiger partial charge in [0.2, 0.25) is 5.91 Å². The van der Waals surface area contributed by atoms with Crippen LogP contribution in [0.2, 0.25) is 15.1 Å². The molecule has 2 amide bonds. The fraction of sp³-hybridized carbons (Fsp3) is 0.250. The van der Waals surface area contributed by atoms with Crippen molar-refractivity contribution in [2.24, 2.45) is 17.8 Å². The van der Waals surface area contributed by atoms with E-state index in [0.29, 0.717) is 22.5 Å². The minimum Gasteiger partial charge on any atom is -0.338 e. The summed E-state index contributed by atoms with van der Waals surface area (Å²) in [6.45, 7) is 0. The van der Waals surface area contributed by atoms with Gasteiger partial charge in [-0.15, -0.1) is 0 Å². The molecule has 0 saturated heterocycles. The molecule has 1 aromatic heterocycles. The van der Waals surface area contributed by atoms with Crippen LogP contribution in [-0.4, -0.2) is 21.8 Å². The molecule has 6 nitrogen and oxygen atoms in total. The normalized spacial score (nSPS) is 20.4. The molecule has 3 atom stereocenters. The van der Waals surface area contributed by atoms with Crippen molar-refractivity contribution in [2.75, 3.05) is 10.6 Å². The molecule has 0 aliphatic heterocycles. The van der Waals surface area contributed by atoms with Gasteiger partial charge in [-0.05, 0) is 85.7 Å².